The molecule has 0 unspecified atom stereocenters. The van der Waals surface area contributed by atoms with E-state index < -0.39 is 0 Å². The minimum Gasteiger partial charge on any atom is -0.454 e. The summed E-state index contributed by atoms with van der Waals surface area (Å²) in [5.41, 5.74) is 2.32. The van der Waals surface area contributed by atoms with Crippen LogP contribution in [0.25, 0.3) is 10.2 Å². The molecule has 1 aromatic heterocycles. The number of piperazine rings is 1. The van der Waals surface area contributed by atoms with Crippen LogP contribution >= 0.6 is 11.3 Å². The summed E-state index contributed by atoms with van der Waals surface area (Å²) in [6.07, 6.45) is 2.34. The standard InChI is InChI=1S/C23H25N3O3S/c27-23(7-3-6-22-24-18-4-1-2-5-21(18)30-22)26-12-10-25(11-13-26)15-17-8-9-19-20(14-17)29-16-28-19/h1-2,4-5,8-9,14H,3,6-7,10-13,15-16H2/p+1. The van der Waals surface area contributed by atoms with E-state index in [9.17, 15) is 4.79 Å². The van der Waals surface area contributed by atoms with Crippen LogP contribution in [0.5, 0.6) is 11.5 Å². The number of carbonyl (C=O) groups excluding carboxylic acids is 1. The molecule has 0 saturated carbocycles. The van der Waals surface area contributed by atoms with Crippen LogP contribution in [0.1, 0.15) is 23.4 Å². The summed E-state index contributed by atoms with van der Waals surface area (Å²) in [6, 6.07) is 14.4. The Morgan fingerprint density at radius 3 is 2.80 bits per heavy atom. The maximum atomic E-state index is 12.6. The molecule has 2 aliphatic heterocycles. The normalized spacial score (nSPS) is 16.3. The Morgan fingerprint density at radius 2 is 1.93 bits per heavy atom. The highest BCUT2D eigenvalue weighted by Crippen LogP contribution is 2.32. The van der Waals surface area contributed by atoms with Crippen LogP contribution in [0.15, 0.2) is 42.5 Å². The van der Waals surface area contributed by atoms with Gasteiger partial charge in [-0.15, -0.1) is 11.3 Å². The molecule has 1 saturated heterocycles. The van der Waals surface area contributed by atoms with E-state index in [0.29, 0.717) is 13.2 Å². The van der Waals surface area contributed by atoms with Gasteiger partial charge >= 0.3 is 0 Å². The Hall–Kier alpha value is -2.64. The van der Waals surface area contributed by atoms with Gasteiger partial charge in [0.15, 0.2) is 11.5 Å². The number of amides is 1. The van der Waals surface area contributed by atoms with Gasteiger partial charge in [0, 0.05) is 12.0 Å². The lowest BCUT2D eigenvalue weighted by molar-refractivity contribution is -0.917. The Balaban J connectivity index is 1.06. The van der Waals surface area contributed by atoms with Crippen molar-refractivity contribution in [1.29, 1.82) is 0 Å². The van der Waals surface area contributed by atoms with E-state index in [0.717, 1.165) is 67.6 Å². The van der Waals surface area contributed by atoms with Gasteiger partial charge in [-0.1, -0.05) is 12.1 Å². The molecule has 0 bridgehead atoms. The number of rotatable bonds is 6. The summed E-state index contributed by atoms with van der Waals surface area (Å²) < 4.78 is 12.1. The second-order valence-corrected chi connectivity index (χ2v) is 9.04. The topological polar surface area (TPSA) is 56.1 Å². The Labute approximate surface area is 180 Å². The van der Waals surface area contributed by atoms with Crippen molar-refractivity contribution < 1.29 is 19.2 Å². The molecule has 0 atom stereocenters. The highest BCUT2D eigenvalue weighted by Gasteiger charge is 2.24. The molecule has 0 aliphatic carbocycles. The zero-order valence-corrected chi connectivity index (χ0v) is 17.7. The van der Waals surface area contributed by atoms with Gasteiger partial charge in [-0.05, 0) is 43.2 Å². The van der Waals surface area contributed by atoms with Crippen molar-refractivity contribution in [3.8, 4) is 11.5 Å². The average Bonchev–Trinajstić information content (AvgIpc) is 3.40. The van der Waals surface area contributed by atoms with Gasteiger partial charge in [0.05, 0.1) is 41.4 Å². The monoisotopic (exact) mass is 424 g/mol. The van der Waals surface area contributed by atoms with Gasteiger partial charge in [0.2, 0.25) is 12.7 Å². The number of hydrogen-bond donors (Lipinski definition) is 1. The fourth-order valence-electron chi connectivity index (χ4n) is 4.16. The zero-order valence-electron chi connectivity index (χ0n) is 16.9. The van der Waals surface area contributed by atoms with Gasteiger partial charge in [-0.3, -0.25) is 4.79 Å². The van der Waals surface area contributed by atoms with Crippen LogP contribution in [-0.2, 0) is 17.8 Å². The first kappa shape index (κ1) is 19.3. The molecule has 30 heavy (non-hydrogen) atoms. The summed E-state index contributed by atoms with van der Waals surface area (Å²) in [4.78, 5) is 20.8. The number of ether oxygens (including phenoxy) is 2. The van der Waals surface area contributed by atoms with E-state index >= 15 is 0 Å². The van der Waals surface area contributed by atoms with Crippen molar-refractivity contribution in [3.05, 3.63) is 53.0 Å². The van der Waals surface area contributed by atoms with Crippen LogP contribution in [-0.4, -0.2) is 48.8 Å². The SMILES string of the molecule is O=C(CCCc1nc2ccccc2s1)N1CC[NH+](Cc2ccc3c(c2)OCO3)CC1. The molecule has 6 nitrogen and oxygen atoms in total. The number of nitrogens with one attached hydrogen (secondary N) is 1. The van der Waals surface area contributed by atoms with E-state index in [2.05, 4.69) is 23.2 Å². The molecule has 3 aromatic rings. The minimum absolute atomic E-state index is 0.276. The van der Waals surface area contributed by atoms with Crippen LogP contribution in [0, 0.1) is 0 Å². The predicted octanol–water partition coefficient (Wildman–Crippen LogP) is 2.28. The molecule has 1 N–H and O–H groups in total. The zero-order chi connectivity index (χ0) is 20.3. The number of para-hydroxylation sites is 1. The molecule has 5 rings (SSSR count). The number of quaternary nitrogens is 1. The van der Waals surface area contributed by atoms with E-state index in [1.54, 1.807) is 11.3 Å². The summed E-state index contributed by atoms with van der Waals surface area (Å²) in [5, 5.41) is 1.13. The average molecular weight is 425 g/mol. The number of aromatic nitrogens is 1. The summed E-state index contributed by atoms with van der Waals surface area (Å²) in [7, 11) is 0. The molecular formula is C23H26N3O3S+. The van der Waals surface area contributed by atoms with Crippen molar-refractivity contribution in [3.63, 3.8) is 0 Å². The van der Waals surface area contributed by atoms with Crippen LogP contribution in [0.2, 0.25) is 0 Å². The smallest absolute Gasteiger partial charge is 0.231 e. The molecule has 2 aromatic carbocycles. The van der Waals surface area contributed by atoms with Crippen LogP contribution < -0.4 is 14.4 Å². The molecule has 156 valence electrons. The Bertz CT molecular complexity index is 1010. The van der Waals surface area contributed by atoms with Crippen molar-refractivity contribution >= 4 is 27.5 Å². The number of thiazole rings is 1. The lowest BCUT2D eigenvalue weighted by Crippen LogP contribution is -3.13. The third kappa shape index (κ3) is 4.27. The highest BCUT2D eigenvalue weighted by molar-refractivity contribution is 7.18. The quantitative estimate of drug-likeness (QED) is 0.660. The first-order valence-electron chi connectivity index (χ1n) is 10.6. The van der Waals surface area contributed by atoms with Gasteiger partial charge in [0.1, 0.15) is 6.54 Å². The van der Waals surface area contributed by atoms with E-state index in [-0.39, 0.29) is 5.91 Å². The molecule has 3 heterocycles. The van der Waals surface area contributed by atoms with Crippen molar-refractivity contribution in [1.82, 2.24) is 9.88 Å². The highest BCUT2D eigenvalue weighted by atomic mass is 32.1. The summed E-state index contributed by atoms with van der Waals surface area (Å²) in [5.74, 6) is 1.95. The molecule has 7 heteroatoms. The molecule has 0 spiro atoms. The van der Waals surface area contributed by atoms with Crippen LogP contribution in [0.3, 0.4) is 0 Å². The van der Waals surface area contributed by atoms with Gasteiger partial charge in [0.25, 0.3) is 0 Å². The number of hydrogen-bond acceptors (Lipinski definition) is 5. The first-order valence-corrected chi connectivity index (χ1v) is 11.4. The molecule has 0 radical (unpaired) electrons. The lowest BCUT2D eigenvalue weighted by Gasteiger charge is -2.32. The van der Waals surface area contributed by atoms with Gasteiger partial charge in [-0.25, -0.2) is 4.98 Å². The van der Waals surface area contributed by atoms with Gasteiger partial charge < -0.3 is 19.3 Å². The summed E-state index contributed by atoms with van der Waals surface area (Å²) >= 11 is 1.74. The largest absolute Gasteiger partial charge is 0.454 e. The molecule has 1 fully saturated rings. The summed E-state index contributed by atoms with van der Waals surface area (Å²) in [6.45, 7) is 4.90. The number of benzene rings is 2. The second kappa shape index (κ2) is 8.62. The van der Waals surface area contributed by atoms with E-state index in [1.807, 2.05) is 29.2 Å². The minimum atomic E-state index is 0.276. The third-order valence-corrected chi connectivity index (χ3v) is 6.93. The Kier molecular flexibility index (Phi) is 5.55. The van der Waals surface area contributed by atoms with Crippen molar-refractivity contribution in [2.75, 3.05) is 33.0 Å². The maximum Gasteiger partial charge on any atom is 0.231 e. The fraction of sp³-hybridized carbons (Fsp3) is 0.391. The fourth-order valence-corrected chi connectivity index (χ4v) is 5.17. The van der Waals surface area contributed by atoms with Crippen LogP contribution in [0.4, 0.5) is 0 Å². The van der Waals surface area contributed by atoms with E-state index in [1.165, 1.54) is 15.2 Å². The number of aryl methyl sites for hydroxylation is 1. The molecular weight excluding hydrogens is 398 g/mol. The molecule has 2 aliphatic rings. The molecule has 1 amide bonds. The number of nitrogens with zero attached hydrogens (tertiary/aromatic N) is 2. The maximum absolute atomic E-state index is 12.6. The lowest BCUT2D eigenvalue weighted by atomic mass is 10.1. The number of carbonyl (C=O) groups is 1. The van der Waals surface area contributed by atoms with E-state index in [4.69, 9.17) is 9.47 Å². The first-order chi connectivity index (χ1) is 14.7. The van der Waals surface area contributed by atoms with Gasteiger partial charge in [-0.2, -0.15) is 0 Å². The second-order valence-electron chi connectivity index (χ2n) is 7.92. The number of fused-ring (bicyclic) bond motifs is 2. The van der Waals surface area contributed by atoms with Crippen molar-refractivity contribution in [2.24, 2.45) is 0 Å². The van der Waals surface area contributed by atoms with Crippen molar-refractivity contribution in [2.45, 2.75) is 25.8 Å². The Morgan fingerprint density at radius 1 is 1.10 bits per heavy atom. The third-order valence-electron chi connectivity index (χ3n) is 5.83. The predicted molar refractivity (Wildman–Crippen MR) is 116 cm³/mol.